The fourth-order valence-electron chi connectivity index (χ4n) is 5.84. The fourth-order valence-corrected chi connectivity index (χ4v) is 8.15. The van der Waals surface area contributed by atoms with E-state index in [1.807, 2.05) is 0 Å². The van der Waals surface area contributed by atoms with Crippen molar-refractivity contribution in [3.05, 3.63) is 140 Å². The van der Waals surface area contributed by atoms with Gasteiger partial charge in [0.05, 0.1) is 16.6 Å². The highest BCUT2D eigenvalue weighted by atomic mass is 31.1. The van der Waals surface area contributed by atoms with Crippen LogP contribution in [-0.2, 0) is 0 Å². The summed E-state index contributed by atoms with van der Waals surface area (Å²) in [6, 6.07) is 50.5. The van der Waals surface area contributed by atoms with E-state index >= 15 is 0 Å². The van der Waals surface area contributed by atoms with Gasteiger partial charge in [0.2, 0.25) is 0 Å². The lowest BCUT2D eigenvalue weighted by atomic mass is 10.0. The van der Waals surface area contributed by atoms with Crippen LogP contribution in [0.2, 0.25) is 0 Å². The lowest BCUT2D eigenvalue weighted by Crippen LogP contribution is -2.20. The average Bonchev–Trinajstić information content (AvgIpc) is 3.37. The van der Waals surface area contributed by atoms with Crippen LogP contribution < -0.4 is 15.9 Å². The number of imidazole rings is 1. The van der Waals surface area contributed by atoms with E-state index < -0.39 is 7.92 Å². The molecule has 0 N–H and O–H groups in total. The maximum atomic E-state index is 5.30. The van der Waals surface area contributed by atoms with E-state index in [4.69, 9.17) is 4.98 Å². The second-order valence-electron chi connectivity index (χ2n) is 9.68. The van der Waals surface area contributed by atoms with Crippen LogP contribution in [-0.4, -0.2) is 9.38 Å². The summed E-state index contributed by atoms with van der Waals surface area (Å²) in [4.78, 5) is 5.30. The first-order valence-electron chi connectivity index (χ1n) is 12.9. The Balaban J connectivity index is 1.48. The van der Waals surface area contributed by atoms with Crippen molar-refractivity contribution in [2.24, 2.45) is 0 Å². The number of aromatic nitrogens is 2. The van der Waals surface area contributed by atoms with E-state index in [2.05, 4.69) is 144 Å². The summed E-state index contributed by atoms with van der Waals surface area (Å²) < 4.78 is 2.38. The molecule has 0 aliphatic rings. The summed E-state index contributed by atoms with van der Waals surface area (Å²) in [5.74, 6) is 0. The zero-order valence-corrected chi connectivity index (χ0v) is 21.5. The van der Waals surface area contributed by atoms with Crippen LogP contribution in [0.4, 0.5) is 0 Å². The second kappa shape index (κ2) is 8.52. The molecule has 0 atom stereocenters. The summed E-state index contributed by atoms with van der Waals surface area (Å²) in [6.45, 7) is 0. The molecule has 0 saturated carbocycles. The molecule has 8 rings (SSSR count). The first-order valence-corrected chi connectivity index (χ1v) is 14.3. The first-order chi connectivity index (χ1) is 18.9. The number of hydrogen-bond acceptors (Lipinski definition) is 1. The molecule has 0 amide bonds. The van der Waals surface area contributed by atoms with E-state index in [-0.39, 0.29) is 0 Å². The number of pyridine rings is 1. The highest BCUT2D eigenvalue weighted by Gasteiger charge is 2.20. The van der Waals surface area contributed by atoms with Crippen LogP contribution in [0.1, 0.15) is 0 Å². The summed E-state index contributed by atoms with van der Waals surface area (Å²) in [5, 5.41) is 10.2. The average molecular weight is 503 g/mol. The summed E-state index contributed by atoms with van der Waals surface area (Å²) in [6.07, 6.45) is 0. The summed E-state index contributed by atoms with van der Waals surface area (Å²) in [7, 11) is -0.695. The van der Waals surface area contributed by atoms with Gasteiger partial charge in [-0.2, -0.15) is 0 Å². The van der Waals surface area contributed by atoms with Gasteiger partial charge in [0.15, 0.2) is 0 Å². The molecule has 3 heteroatoms. The van der Waals surface area contributed by atoms with Gasteiger partial charge in [-0.05, 0) is 46.7 Å². The van der Waals surface area contributed by atoms with Gasteiger partial charge in [-0.25, -0.2) is 4.98 Å². The van der Waals surface area contributed by atoms with Crippen molar-refractivity contribution >= 4 is 73.0 Å². The third-order valence-electron chi connectivity index (χ3n) is 7.51. The minimum absolute atomic E-state index is 0.695. The predicted molar refractivity (Wildman–Crippen MR) is 164 cm³/mol. The number of rotatable bonds is 3. The van der Waals surface area contributed by atoms with Gasteiger partial charge in [0, 0.05) is 16.2 Å². The maximum absolute atomic E-state index is 5.30. The van der Waals surface area contributed by atoms with E-state index in [0.717, 1.165) is 16.7 Å². The fraction of sp³-hybridized carbons (Fsp3) is 0. The van der Waals surface area contributed by atoms with Gasteiger partial charge in [-0.3, -0.25) is 4.40 Å². The largest absolute Gasteiger partial charge is 0.291 e. The Morgan fingerprint density at radius 2 is 1.11 bits per heavy atom. The van der Waals surface area contributed by atoms with Gasteiger partial charge < -0.3 is 0 Å². The molecule has 0 bridgehead atoms. The van der Waals surface area contributed by atoms with Gasteiger partial charge in [0.1, 0.15) is 5.65 Å². The van der Waals surface area contributed by atoms with E-state index in [1.165, 1.54) is 48.4 Å². The number of nitrogens with zero attached hydrogens (tertiary/aromatic N) is 2. The highest BCUT2D eigenvalue weighted by Crippen LogP contribution is 2.38. The molecule has 8 aromatic rings. The molecule has 0 aliphatic heterocycles. The van der Waals surface area contributed by atoms with Crippen LogP contribution in [0.25, 0.3) is 49.1 Å². The molecule has 2 heterocycles. The third-order valence-corrected chi connectivity index (χ3v) is 9.93. The lowest BCUT2D eigenvalue weighted by Gasteiger charge is -2.19. The molecule has 2 aromatic heterocycles. The molecular formula is C35H23N2P. The van der Waals surface area contributed by atoms with Gasteiger partial charge >= 0.3 is 0 Å². The molecule has 0 aliphatic carbocycles. The van der Waals surface area contributed by atoms with Crippen LogP contribution in [0.5, 0.6) is 0 Å². The van der Waals surface area contributed by atoms with Crippen molar-refractivity contribution in [3.8, 4) is 0 Å². The summed E-state index contributed by atoms with van der Waals surface area (Å²) >= 11 is 0. The Bertz CT molecular complexity index is 2090. The zero-order valence-electron chi connectivity index (χ0n) is 20.6. The van der Waals surface area contributed by atoms with Crippen molar-refractivity contribution in [1.82, 2.24) is 9.38 Å². The molecule has 6 aromatic carbocycles. The maximum Gasteiger partial charge on any atom is 0.146 e. The molecule has 0 fully saturated rings. The topological polar surface area (TPSA) is 17.3 Å². The van der Waals surface area contributed by atoms with Gasteiger partial charge in [0.25, 0.3) is 0 Å². The zero-order chi connectivity index (χ0) is 25.1. The highest BCUT2D eigenvalue weighted by molar-refractivity contribution is 7.79. The SMILES string of the molecule is c1ccc(P(c2ccccc2)c2ccc3c(c2)nc2c4ccccc4c4ccc5ccccc5c4n32)cc1. The molecule has 38 heavy (non-hydrogen) atoms. The Hall–Kier alpha value is -4.52. The van der Waals surface area contributed by atoms with E-state index in [9.17, 15) is 0 Å². The smallest absolute Gasteiger partial charge is 0.146 e. The normalized spacial score (nSPS) is 11.9. The van der Waals surface area contributed by atoms with Crippen LogP contribution in [0.15, 0.2) is 140 Å². The standard InChI is InChI=1S/C35H23N2P/c1-3-12-25(13-4-1)38(26-14-5-2-6-15-26)27-20-22-33-32(23-27)36-35-31-18-10-9-17-29(31)30-21-19-24-11-7-8-16-28(24)34(30)37(33)35/h1-23H. The molecule has 0 unspecified atom stereocenters. The lowest BCUT2D eigenvalue weighted by molar-refractivity contribution is 1.32. The minimum Gasteiger partial charge on any atom is -0.291 e. The van der Waals surface area contributed by atoms with E-state index in [0.29, 0.717) is 0 Å². The Morgan fingerprint density at radius 3 is 1.84 bits per heavy atom. The summed E-state index contributed by atoms with van der Waals surface area (Å²) in [5.41, 5.74) is 4.42. The van der Waals surface area contributed by atoms with Crippen molar-refractivity contribution in [3.63, 3.8) is 0 Å². The molecule has 178 valence electrons. The molecular weight excluding hydrogens is 479 g/mol. The third kappa shape index (κ3) is 3.21. The number of fused-ring (bicyclic) bond motifs is 10. The van der Waals surface area contributed by atoms with Crippen molar-refractivity contribution in [1.29, 1.82) is 0 Å². The van der Waals surface area contributed by atoms with Crippen LogP contribution in [0, 0.1) is 0 Å². The molecule has 0 radical (unpaired) electrons. The van der Waals surface area contributed by atoms with Gasteiger partial charge in [-0.15, -0.1) is 0 Å². The minimum atomic E-state index is -0.695. The Kier molecular flexibility index (Phi) is 4.83. The number of hydrogen-bond donors (Lipinski definition) is 0. The van der Waals surface area contributed by atoms with Crippen LogP contribution in [0.3, 0.4) is 0 Å². The number of benzene rings is 6. The van der Waals surface area contributed by atoms with Crippen molar-refractivity contribution < 1.29 is 0 Å². The van der Waals surface area contributed by atoms with E-state index in [1.54, 1.807) is 0 Å². The predicted octanol–water partition coefficient (Wildman–Crippen LogP) is 7.71. The van der Waals surface area contributed by atoms with Crippen molar-refractivity contribution in [2.75, 3.05) is 0 Å². The Morgan fingerprint density at radius 1 is 0.474 bits per heavy atom. The molecule has 0 saturated heterocycles. The monoisotopic (exact) mass is 502 g/mol. The molecule has 0 spiro atoms. The van der Waals surface area contributed by atoms with Crippen molar-refractivity contribution in [2.45, 2.75) is 0 Å². The van der Waals surface area contributed by atoms with Gasteiger partial charge in [-0.1, -0.05) is 127 Å². The molecule has 2 nitrogen and oxygen atoms in total. The Labute approximate surface area is 221 Å². The second-order valence-corrected chi connectivity index (χ2v) is 11.9. The van der Waals surface area contributed by atoms with Crippen LogP contribution >= 0.6 is 7.92 Å². The first kappa shape index (κ1) is 21.6. The quantitative estimate of drug-likeness (QED) is 0.179.